The van der Waals surface area contributed by atoms with E-state index < -0.39 is 0 Å². The minimum absolute atomic E-state index is 0.794. The standard InChI is InChI=1S/C16H19N5/c1-3-17-11-15-13(2)19-21(14-7-5-4-6-8-14)16(15)20-10-9-18-12-20/h4-10,12,17H,3,11H2,1-2H3. The molecule has 0 amide bonds. The lowest BCUT2D eigenvalue weighted by Crippen LogP contribution is -2.14. The third-order valence-electron chi connectivity index (χ3n) is 3.46. The quantitative estimate of drug-likeness (QED) is 0.781. The molecule has 0 aliphatic carbocycles. The van der Waals surface area contributed by atoms with Crippen molar-refractivity contribution in [2.75, 3.05) is 6.54 Å². The first-order valence-electron chi connectivity index (χ1n) is 7.14. The predicted molar refractivity (Wildman–Crippen MR) is 82.8 cm³/mol. The Balaban J connectivity index is 2.16. The molecule has 108 valence electrons. The van der Waals surface area contributed by atoms with Gasteiger partial charge in [-0.2, -0.15) is 5.10 Å². The molecule has 5 heteroatoms. The van der Waals surface area contributed by atoms with Crippen LogP contribution < -0.4 is 5.32 Å². The first kappa shape index (κ1) is 13.6. The van der Waals surface area contributed by atoms with Gasteiger partial charge in [0.25, 0.3) is 0 Å². The van der Waals surface area contributed by atoms with Crippen LogP contribution in [-0.4, -0.2) is 25.9 Å². The zero-order chi connectivity index (χ0) is 14.7. The fraction of sp³-hybridized carbons (Fsp3) is 0.250. The van der Waals surface area contributed by atoms with Gasteiger partial charge in [0.2, 0.25) is 0 Å². The maximum Gasteiger partial charge on any atom is 0.146 e. The summed E-state index contributed by atoms with van der Waals surface area (Å²) in [7, 11) is 0. The summed E-state index contributed by atoms with van der Waals surface area (Å²) in [5.41, 5.74) is 3.27. The van der Waals surface area contributed by atoms with Crippen molar-refractivity contribution in [2.45, 2.75) is 20.4 Å². The fourth-order valence-corrected chi connectivity index (χ4v) is 2.40. The third kappa shape index (κ3) is 2.60. The smallest absolute Gasteiger partial charge is 0.146 e. The van der Waals surface area contributed by atoms with Crippen molar-refractivity contribution >= 4 is 0 Å². The molecular formula is C16H19N5. The molecule has 2 heterocycles. The highest BCUT2D eigenvalue weighted by molar-refractivity contribution is 5.45. The number of hydrogen-bond donors (Lipinski definition) is 1. The van der Waals surface area contributed by atoms with Crippen LogP contribution in [0.25, 0.3) is 11.5 Å². The zero-order valence-electron chi connectivity index (χ0n) is 12.3. The van der Waals surface area contributed by atoms with Crippen molar-refractivity contribution in [1.82, 2.24) is 24.6 Å². The Morgan fingerprint density at radius 2 is 2.00 bits per heavy atom. The second-order valence-electron chi connectivity index (χ2n) is 4.89. The molecule has 0 saturated carbocycles. The Morgan fingerprint density at radius 3 is 2.67 bits per heavy atom. The molecule has 3 rings (SSSR count). The van der Waals surface area contributed by atoms with E-state index in [1.165, 1.54) is 5.56 Å². The average molecular weight is 281 g/mol. The van der Waals surface area contributed by atoms with Crippen LogP contribution in [0.5, 0.6) is 0 Å². The van der Waals surface area contributed by atoms with Crippen molar-refractivity contribution in [2.24, 2.45) is 0 Å². The summed E-state index contributed by atoms with van der Waals surface area (Å²) in [4.78, 5) is 4.17. The number of aromatic nitrogens is 4. The van der Waals surface area contributed by atoms with Crippen molar-refractivity contribution in [3.05, 3.63) is 60.3 Å². The van der Waals surface area contributed by atoms with Gasteiger partial charge in [-0.05, 0) is 25.6 Å². The molecule has 0 spiro atoms. The average Bonchev–Trinajstić information content (AvgIpc) is 3.13. The van der Waals surface area contributed by atoms with Crippen LogP contribution in [0.1, 0.15) is 18.2 Å². The molecule has 0 aliphatic rings. The molecule has 1 N–H and O–H groups in total. The molecular weight excluding hydrogens is 262 g/mol. The second kappa shape index (κ2) is 5.93. The molecule has 0 aliphatic heterocycles. The SMILES string of the molecule is CCNCc1c(C)nn(-c2ccccc2)c1-n1ccnc1. The van der Waals surface area contributed by atoms with Gasteiger partial charge in [0.1, 0.15) is 12.1 Å². The van der Waals surface area contributed by atoms with Crippen LogP contribution in [0.3, 0.4) is 0 Å². The molecule has 0 radical (unpaired) electrons. The molecule has 2 aromatic heterocycles. The van der Waals surface area contributed by atoms with Crippen LogP contribution in [0.2, 0.25) is 0 Å². The number of aryl methyl sites for hydroxylation is 1. The minimum Gasteiger partial charge on any atom is -0.313 e. The summed E-state index contributed by atoms with van der Waals surface area (Å²) in [6.07, 6.45) is 5.55. The van der Waals surface area contributed by atoms with Crippen LogP contribution in [-0.2, 0) is 6.54 Å². The van der Waals surface area contributed by atoms with E-state index >= 15 is 0 Å². The maximum atomic E-state index is 4.72. The lowest BCUT2D eigenvalue weighted by molar-refractivity contribution is 0.717. The lowest BCUT2D eigenvalue weighted by Gasteiger charge is -2.10. The summed E-state index contributed by atoms with van der Waals surface area (Å²) in [6, 6.07) is 10.2. The van der Waals surface area contributed by atoms with E-state index in [2.05, 4.69) is 29.4 Å². The summed E-state index contributed by atoms with van der Waals surface area (Å²) >= 11 is 0. The topological polar surface area (TPSA) is 47.7 Å². The maximum absolute atomic E-state index is 4.72. The summed E-state index contributed by atoms with van der Waals surface area (Å²) < 4.78 is 3.99. The summed E-state index contributed by atoms with van der Waals surface area (Å²) in [5, 5.41) is 8.10. The van der Waals surface area contributed by atoms with E-state index in [1.54, 1.807) is 6.20 Å². The van der Waals surface area contributed by atoms with Crippen LogP contribution in [0.15, 0.2) is 49.1 Å². The van der Waals surface area contributed by atoms with Crippen LogP contribution in [0.4, 0.5) is 0 Å². The van der Waals surface area contributed by atoms with Gasteiger partial charge in [0, 0.05) is 24.5 Å². The van der Waals surface area contributed by atoms with Gasteiger partial charge in [-0.3, -0.25) is 4.57 Å². The van der Waals surface area contributed by atoms with Crippen LogP contribution in [0, 0.1) is 6.92 Å². The Hall–Kier alpha value is -2.40. The Bertz CT molecular complexity index is 698. The molecule has 0 unspecified atom stereocenters. The summed E-state index contributed by atoms with van der Waals surface area (Å²) in [6.45, 7) is 5.88. The number of nitrogens with one attached hydrogen (secondary N) is 1. The first-order valence-corrected chi connectivity index (χ1v) is 7.14. The first-order chi connectivity index (χ1) is 10.3. The zero-order valence-corrected chi connectivity index (χ0v) is 12.3. The number of benzene rings is 1. The van der Waals surface area contributed by atoms with Crippen molar-refractivity contribution < 1.29 is 0 Å². The van der Waals surface area contributed by atoms with E-state index in [1.807, 2.05) is 46.9 Å². The molecule has 0 fully saturated rings. The third-order valence-corrected chi connectivity index (χ3v) is 3.46. The van der Waals surface area contributed by atoms with E-state index in [9.17, 15) is 0 Å². The molecule has 0 saturated heterocycles. The van der Waals surface area contributed by atoms with Gasteiger partial charge in [0.15, 0.2) is 0 Å². The molecule has 1 aromatic carbocycles. The van der Waals surface area contributed by atoms with Crippen LogP contribution >= 0.6 is 0 Å². The lowest BCUT2D eigenvalue weighted by atomic mass is 10.2. The van der Waals surface area contributed by atoms with E-state index in [4.69, 9.17) is 5.10 Å². The van der Waals surface area contributed by atoms with Crippen molar-refractivity contribution in [1.29, 1.82) is 0 Å². The highest BCUT2D eigenvalue weighted by atomic mass is 15.4. The van der Waals surface area contributed by atoms with Gasteiger partial charge in [-0.1, -0.05) is 25.1 Å². The molecule has 3 aromatic rings. The number of imidazole rings is 1. The predicted octanol–water partition coefficient (Wildman–Crippen LogP) is 2.48. The molecule has 0 bridgehead atoms. The number of rotatable bonds is 5. The second-order valence-corrected chi connectivity index (χ2v) is 4.89. The molecule has 21 heavy (non-hydrogen) atoms. The number of hydrogen-bond acceptors (Lipinski definition) is 3. The largest absolute Gasteiger partial charge is 0.313 e. The normalized spacial score (nSPS) is 11.0. The minimum atomic E-state index is 0.794. The van der Waals surface area contributed by atoms with Crippen molar-refractivity contribution in [3.8, 4) is 11.5 Å². The summed E-state index contributed by atoms with van der Waals surface area (Å²) in [5.74, 6) is 1.04. The Kier molecular flexibility index (Phi) is 3.83. The van der Waals surface area contributed by atoms with Gasteiger partial charge in [0.05, 0.1) is 11.4 Å². The van der Waals surface area contributed by atoms with Gasteiger partial charge >= 0.3 is 0 Å². The van der Waals surface area contributed by atoms with Crippen molar-refractivity contribution in [3.63, 3.8) is 0 Å². The molecule has 5 nitrogen and oxygen atoms in total. The van der Waals surface area contributed by atoms with Gasteiger partial charge in [-0.25, -0.2) is 9.67 Å². The molecule has 0 atom stereocenters. The van der Waals surface area contributed by atoms with E-state index in [0.717, 1.165) is 30.3 Å². The Morgan fingerprint density at radius 1 is 1.19 bits per heavy atom. The fourth-order valence-electron chi connectivity index (χ4n) is 2.40. The van der Waals surface area contributed by atoms with Gasteiger partial charge < -0.3 is 5.32 Å². The van der Waals surface area contributed by atoms with E-state index in [0.29, 0.717) is 0 Å². The highest BCUT2D eigenvalue weighted by Gasteiger charge is 2.17. The highest BCUT2D eigenvalue weighted by Crippen LogP contribution is 2.22. The Labute approximate surface area is 124 Å². The monoisotopic (exact) mass is 281 g/mol. The van der Waals surface area contributed by atoms with E-state index in [-0.39, 0.29) is 0 Å². The number of nitrogens with zero attached hydrogens (tertiary/aromatic N) is 4. The van der Waals surface area contributed by atoms with Gasteiger partial charge in [-0.15, -0.1) is 0 Å². The number of para-hydroxylation sites is 1.